The number of rotatable bonds is 5. The molecule has 1 saturated carbocycles. The summed E-state index contributed by atoms with van der Waals surface area (Å²) < 4.78 is 0. The van der Waals surface area contributed by atoms with E-state index in [9.17, 15) is 0 Å². The maximum absolute atomic E-state index is 3.87. The lowest BCUT2D eigenvalue weighted by Crippen LogP contribution is -2.47. The molecule has 0 heterocycles. The van der Waals surface area contributed by atoms with Crippen molar-refractivity contribution in [2.75, 3.05) is 12.0 Å². The molecule has 96 valence electrons. The molecule has 2 heteroatoms. The van der Waals surface area contributed by atoms with Crippen molar-refractivity contribution in [2.45, 2.75) is 65.5 Å². The van der Waals surface area contributed by atoms with Crippen LogP contribution in [0, 0.1) is 11.3 Å². The second-order valence-corrected chi connectivity index (χ2v) is 7.13. The van der Waals surface area contributed by atoms with E-state index in [4.69, 9.17) is 0 Å². The SMILES string of the molecule is CCC(CSC)NC1CCC(C)(C)CC1C. The second kappa shape index (κ2) is 6.30. The summed E-state index contributed by atoms with van der Waals surface area (Å²) in [6.07, 6.45) is 7.58. The van der Waals surface area contributed by atoms with Gasteiger partial charge in [0.05, 0.1) is 0 Å². The molecule has 1 fully saturated rings. The van der Waals surface area contributed by atoms with Crippen LogP contribution in [0.2, 0.25) is 0 Å². The monoisotopic (exact) mass is 243 g/mol. The molecule has 0 radical (unpaired) electrons. The molecule has 1 aliphatic rings. The number of thioether (sulfide) groups is 1. The van der Waals surface area contributed by atoms with Gasteiger partial charge < -0.3 is 5.32 Å². The number of hydrogen-bond acceptors (Lipinski definition) is 2. The minimum atomic E-state index is 0.568. The van der Waals surface area contributed by atoms with Crippen molar-refractivity contribution in [3.63, 3.8) is 0 Å². The topological polar surface area (TPSA) is 12.0 Å². The lowest BCUT2D eigenvalue weighted by molar-refractivity contribution is 0.142. The number of hydrogen-bond donors (Lipinski definition) is 1. The summed E-state index contributed by atoms with van der Waals surface area (Å²) in [5.74, 6) is 2.09. The Labute approximate surface area is 106 Å². The summed E-state index contributed by atoms with van der Waals surface area (Å²) in [5, 5.41) is 3.87. The average molecular weight is 243 g/mol. The summed E-state index contributed by atoms with van der Waals surface area (Å²) in [4.78, 5) is 0. The van der Waals surface area contributed by atoms with Gasteiger partial charge in [0.2, 0.25) is 0 Å². The first-order chi connectivity index (χ1) is 7.48. The second-order valence-electron chi connectivity index (χ2n) is 6.22. The Morgan fingerprint density at radius 1 is 1.44 bits per heavy atom. The molecule has 0 aromatic rings. The van der Waals surface area contributed by atoms with Crippen molar-refractivity contribution < 1.29 is 0 Å². The Morgan fingerprint density at radius 2 is 2.12 bits per heavy atom. The average Bonchev–Trinajstić information content (AvgIpc) is 2.20. The maximum atomic E-state index is 3.87. The fourth-order valence-electron chi connectivity index (χ4n) is 2.98. The molecular formula is C14H29NS. The minimum absolute atomic E-state index is 0.568. The van der Waals surface area contributed by atoms with E-state index in [0.717, 1.165) is 12.0 Å². The Bertz CT molecular complexity index is 203. The third-order valence-corrected chi connectivity index (χ3v) is 4.74. The van der Waals surface area contributed by atoms with Crippen LogP contribution in [0.25, 0.3) is 0 Å². The van der Waals surface area contributed by atoms with Crippen molar-refractivity contribution in [2.24, 2.45) is 11.3 Å². The summed E-state index contributed by atoms with van der Waals surface area (Å²) in [6.45, 7) is 9.55. The first-order valence-electron chi connectivity index (χ1n) is 6.73. The van der Waals surface area contributed by atoms with Gasteiger partial charge in [-0.25, -0.2) is 0 Å². The summed E-state index contributed by atoms with van der Waals surface area (Å²) in [7, 11) is 0. The van der Waals surface area contributed by atoms with Gasteiger partial charge in [0, 0.05) is 17.8 Å². The molecule has 0 aromatic heterocycles. The highest BCUT2D eigenvalue weighted by molar-refractivity contribution is 7.98. The molecular weight excluding hydrogens is 214 g/mol. The minimum Gasteiger partial charge on any atom is -0.310 e. The van der Waals surface area contributed by atoms with Crippen molar-refractivity contribution in [3.8, 4) is 0 Å². The van der Waals surface area contributed by atoms with Crippen LogP contribution in [0.3, 0.4) is 0 Å². The van der Waals surface area contributed by atoms with Crippen molar-refractivity contribution in [1.29, 1.82) is 0 Å². The fourth-order valence-corrected chi connectivity index (χ4v) is 3.72. The zero-order chi connectivity index (χ0) is 12.2. The Morgan fingerprint density at radius 3 is 2.62 bits per heavy atom. The predicted molar refractivity (Wildman–Crippen MR) is 76.2 cm³/mol. The summed E-state index contributed by atoms with van der Waals surface area (Å²) >= 11 is 1.96. The largest absolute Gasteiger partial charge is 0.310 e. The highest BCUT2D eigenvalue weighted by Crippen LogP contribution is 2.38. The molecule has 1 nitrogen and oxygen atoms in total. The molecule has 0 amide bonds. The van der Waals surface area contributed by atoms with E-state index in [-0.39, 0.29) is 0 Å². The van der Waals surface area contributed by atoms with E-state index < -0.39 is 0 Å². The lowest BCUT2D eigenvalue weighted by atomic mass is 9.70. The van der Waals surface area contributed by atoms with E-state index in [1.807, 2.05) is 11.8 Å². The molecule has 3 unspecified atom stereocenters. The first-order valence-corrected chi connectivity index (χ1v) is 8.13. The highest BCUT2D eigenvalue weighted by Gasteiger charge is 2.32. The Hall–Kier alpha value is 0.310. The lowest BCUT2D eigenvalue weighted by Gasteiger charge is -2.41. The summed E-state index contributed by atoms with van der Waals surface area (Å²) in [6, 6.07) is 1.47. The van der Waals surface area contributed by atoms with E-state index in [1.165, 1.54) is 31.4 Å². The smallest absolute Gasteiger partial charge is 0.0158 e. The molecule has 0 aromatic carbocycles. The molecule has 0 saturated heterocycles. The van der Waals surface area contributed by atoms with Gasteiger partial charge in [-0.3, -0.25) is 0 Å². The quantitative estimate of drug-likeness (QED) is 0.785. The van der Waals surface area contributed by atoms with Crippen molar-refractivity contribution >= 4 is 11.8 Å². The van der Waals surface area contributed by atoms with E-state index in [2.05, 4.69) is 39.3 Å². The van der Waals surface area contributed by atoms with Gasteiger partial charge in [-0.1, -0.05) is 27.7 Å². The zero-order valence-electron chi connectivity index (χ0n) is 11.7. The van der Waals surface area contributed by atoms with E-state index in [1.54, 1.807) is 0 Å². The predicted octanol–water partition coefficient (Wildman–Crippen LogP) is 3.93. The van der Waals surface area contributed by atoms with Crippen LogP contribution < -0.4 is 5.32 Å². The van der Waals surface area contributed by atoms with Crippen LogP contribution in [0.4, 0.5) is 0 Å². The first kappa shape index (κ1) is 14.4. The van der Waals surface area contributed by atoms with Crippen LogP contribution >= 0.6 is 11.8 Å². The molecule has 1 aliphatic carbocycles. The van der Waals surface area contributed by atoms with Gasteiger partial charge in [-0.15, -0.1) is 0 Å². The maximum Gasteiger partial charge on any atom is 0.0158 e. The third-order valence-electron chi connectivity index (χ3n) is 4.00. The van der Waals surface area contributed by atoms with Gasteiger partial charge in [0.1, 0.15) is 0 Å². The zero-order valence-corrected chi connectivity index (χ0v) is 12.5. The van der Waals surface area contributed by atoms with Crippen molar-refractivity contribution in [1.82, 2.24) is 5.32 Å². The Kier molecular flexibility index (Phi) is 5.66. The summed E-state index contributed by atoms with van der Waals surface area (Å²) in [5.41, 5.74) is 0.568. The normalized spacial score (nSPS) is 31.3. The molecule has 3 atom stereocenters. The third kappa shape index (κ3) is 4.29. The molecule has 1 rings (SSSR count). The standard InChI is InChI=1S/C14H29NS/c1-6-12(10-16-5)15-13-7-8-14(3,4)9-11(13)2/h11-13,15H,6-10H2,1-5H3. The van der Waals surface area contributed by atoms with Crippen LogP contribution in [0.5, 0.6) is 0 Å². The molecule has 16 heavy (non-hydrogen) atoms. The number of nitrogens with one attached hydrogen (secondary N) is 1. The Balaban J connectivity index is 2.43. The van der Waals surface area contributed by atoms with E-state index >= 15 is 0 Å². The van der Waals surface area contributed by atoms with Crippen LogP contribution in [-0.4, -0.2) is 24.1 Å². The fraction of sp³-hybridized carbons (Fsp3) is 1.00. The molecule has 0 spiro atoms. The van der Waals surface area contributed by atoms with Crippen LogP contribution in [0.1, 0.15) is 53.4 Å². The highest BCUT2D eigenvalue weighted by atomic mass is 32.2. The van der Waals surface area contributed by atoms with Gasteiger partial charge in [0.15, 0.2) is 0 Å². The van der Waals surface area contributed by atoms with Crippen molar-refractivity contribution in [3.05, 3.63) is 0 Å². The molecule has 0 bridgehead atoms. The van der Waals surface area contributed by atoms with Gasteiger partial charge in [-0.05, 0) is 43.3 Å². The van der Waals surface area contributed by atoms with Crippen LogP contribution in [0.15, 0.2) is 0 Å². The van der Waals surface area contributed by atoms with Crippen LogP contribution in [-0.2, 0) is 0 Å². The molecule has 0 aliphatic heterocycles. The van der Waals surface area contributed by atoms with Gasteiger partial charge >= 0.3 is 0 Å². The van der Waals surface area contributed by atoms with Gasteiger partial charge in [-0.2, -0.15) is 11.8 Å². The molecule has 1 N–H and O–H groups in total. The van der Waals surface area contributed by atoms with Gasteiger partial charge in [0.25, 0.3) is 0 Å². The van der Waals surface area contributed by atoms with E-state index in [0.29, 0.717) is 11.5 Å².